The third-order valence-electron chi connectivity index (χ3n) is 4.15. The molecule has 0 bridgehead atoms. The molecular weight excluding hydrogens is 302 g/mol. The van der Waals surface area contributed by atoms with Crippen molar-refractivity contribution >= 4 is 16.9 Å². The van der Waals surface area contributed by atoms with Crippen LogP contribution in [0, 0.1) is 6.92 Å². The molecule has 0 fully saturated rings. The Balaban J connectivity index is 2.09. The van der Waals surface area contributed by atoms with Gasteiger partial charge in [0.25, 0.3) is 0 Å². The van der Waals surface area contributed by atoms with Gasteiger partial charge in [0.15, 0.2) is 0 Å². The van der Waals surface area contributed by atoms with Crippen molar-refractivity contribution in [3.63, 3.8) is 0 Å². The van der Waals surface area contributed by atoms with Crippen LogP contribution in [0.5, 0.6) is 0 Å². The van der Waals surface area contributed by atoms with E-state index in [9.17, 15) is 4.79 Å². The fourth-order valence-electron chi connectivity index (χ4n) is 3.05. The summed E-state index contributed by atoms with van der Waals surface area (Å²) in [5.74, 6) is -0.346. The lowest BCUT2D eigenvalue weighted by Crippen LogP contribution is -2.07. The molecule has 0 atom stereocenters. The number of pyridine rings is 1. The minimum atomic E-state index is -0.346. The van der Waals surface area contributed by atoms with Gasteiger partial charge in [-0.2, -0.15) is 5.10 Å². The predicted molar refractivity (Wildman–Crippen MR) is 93.1 cm³/mol. The molecule has 0 unspecified atom stereocenters. The minimum absolute atomic E-state index is 0.346. The highest BCUT2D eigenvalue weighted by atomic mass is 16.5. The molecule has 2 aromatic heterocycles. The van der Waals surface area contributed by atoms with Crippen LogP contribution in [0.2, 0.25) is 0 Å². The molecule has 1 aromatic carbocycles. The Morgan fingerprint density at radius 3 is 2.88 bits per heavy atom. The summed E-state index contributed by atoms with van der Waals surface area (Å²) in [6.45, 7) is 5.12. The van der Waals surface area contributed by atoms with E-state index in [4.69, 9.17) is 9.84 Å². The molecule has 0 N–H and O–H groups in total. The van der Waals surface area contributed by atoms with Crippen LogP contribution in [0.4, 0.5) is 0 Å². The molecule has 3 rings (SSSR count). The van der Waals surface area contributed by atoms with Crippen LogP contribution in [0.15, 0.2) is 36.7 Å². The van der Waals surface area contributed by atoms with Crippen LogP contribution in [0.3, 0.4) is 0 Å². The zero-order chi connectivity index (χ0) is 17.1. The van der Waals surface area contributed by atoms with Gasteiger partial charge in [-0.15, -0.1) is 0 Å². The van der Waals surface area contributed by atoms with Crippen LogP contribution < -0.4 is 0 Å². The Hall–Kier alpha value is -2.69. The Morgan fingerprint density at radius 2 is 2.12 bits per heavy atom. The monoisotopic (exact) mass is 323 g/mol. The van der Waals surface area contributed by atoms with Crippen molar-refractivity contribution in [3.05, 3.63) is 59.0 Å². The van der Waals surface area contributed by atoms with Crippen LogP contribution in [-0.2, 0) is 17.7 Å². The van der Waals surface area contributed by atoms with Gasteiger partial charge in [0, 0.05) is 30.7 Å². The minimum Gasteiger partial charge on any atom is -0.465 e. The number of carbonyl (C=O) groups is 1. The van der Waals surface area contributed by atoms with E-state index in [1.807, 2.05) is 6.07 Å². The molecule has 0 amide bonds. The number of ether oxygens (including phenoxy) is 1. The molecule has 5 heteroatoms. The summed E-state index contributed by atoms with van der Waals surface area (Å²) in [4.78, 5) is 16.1. The van der Waals surface area contributed by atoms with Gasteiger partial charge in [0.05, 0.1) is 23.9 Å². The molecule has 0 saturated heterocycles. The highest BCUT2D eigenvalue weighted by molar-refractivity contribution is 5.91. The molecule has 0 radical (unpaired) electrons. The molecule has 24 heavy (non-hydrogen) atoms. The smallest absolute Gasteiger partial charge is 0.338 e. The Bertz CT molecular complexity index is 883. The highest BCUT2D eigenvalue weighted by Crippen LogP contribution is 2.25. The van der Waals surface area contributed by atoms with Crippen LogP contribution in [-0.4, -0.2) is 27.8 Å². The van der Waals surface area contributed by atoms with Crippen LogP contribution in [0.1, 0.15) is 40.5 Å². The summed E-state index contributed by atoms with van der Waals surface area (Å²) >= 11 is 0. The Kier molecular flexibility index (Phi) is 4.60. The topological polar surface area (TPSA) is 57.0 Å². The number of carbonyl (C=O) groups excluding carboxylic acids is 1. The summed E-state index contributed by atoms with van der Waals surface area (Å²) in [6.07, 6.45) is 4.89. The molecule has 2 heterocycles. The maximum absolute atomic E-state index is 12.0. The lowest BCUT2D eigenvalue weighted by molar-refractivity contribution is 0.0599. The first-order chi connectivity index (χ1) is 11.7. The zero-order valence-corrected chi connectivity index (χ0v) is 14.2. The van der Waals surface area contributed by atoms with Crippen molar-refractivity contribution in [1.29, 1.82) is 0 Å². The molecular formula is C19H21N3O2. The van der Waals surface area contributed by atoms with Gasteiger partial charge in [-0.3, -0.25) is 9.67 Å². The normalized spacial score (nSPS) is 11.0. The molecule has 0 saturated carbocycles. The van der Waals surface area contributed by atoms with Gasteiger partial charge in [-0.1, -0.05) is 25.1 Å². The van der Waals surface area contributed by atoms with E-state index >= 15 is 0 Å². The standard InChI is InChI=1S/C19H21N3O2/c1-4-10-22-18-13(2)6-5-7-16(18)17(21-22)11-14-12-20-9-8-15(14)19(23)24-3/h5-9,12H,4,10-11H2,1-3H3. The quantitative estimate of drug-likeness (QED) is 0.674. The average molecular weight is 323 g/mol. The highest BCUT2D eigenvalue weighted by Gasteiger charge is 2.17. The van der Waals surface area contributed by atoms with Gasteiger partial charge < -0.3 is 4.74 Å². The second-order valence-corrected chi connectivity index (χ2v) is 5.84. The van der Waals surface area contributed by atoms with Crippen molar-refractivity contribution in [3.8, 4) is 0 Å². The van der Waals surface area contributed by atoms with Crippen LogP contribution in [0.25, 0.3) is 10.9 Å². The molecule has 3 aromatic rings. The van der Waals surface area contributed by atoms with Crippen molar-refractivity contribution in [1.82, 2.24) is 14.8 Å². The summed E-state index contributed by atoms with van der Waals surface area (Å²) in [6, 6.07) is 7.93. The summed E-state index contributed by atoms with van der Waals surface area (Å²) in [7, 11) is 1.39. The Labute approximate surface area is 141 Å². The third-order valence-corrected chi connectivity index (χ3v) is 4.15. The van der Waals surface area contributed by atoms with Crippen molar-refractivity contribution < 1.29 is 9.53 Å². The zero-order valence-electron chi connectivity index (χ0n) is 14.2. The van der Waals surface area contributed by atoms with E-state index in [-0.39, 0.29) is 5.97 Å². The first kappa shape index (κ1) is 16.2. The van der Waals surface area contributed by atoms with E-state index < -0.39 is 0 Å². The molecule has 5 nitrogen and oxygen atoms in total. The van der Waals surface area contributed by atoms with Gasteiger partial charge in [0.2, 0.25) is 0 Å². The summed E-state index contributed by atoms with van der Waals surface area (Å²) in [5.41, 5.74) is 4.70. The summed E-state index contributed by atoms with van der Waals surface area (Å²) < 4.78 is 6.94. The molecule has 0 aliphatic rings. The number of aryl methyl sites for hydroxylation is 2. The van der Waals surface area contributed by atoms with Gasteiger partial charge >= 0.3 is 5.97 Å². The average Bonchev–Trinajstić information content (AvgIpc) is 2.94. The molecule has 0 aliphatic heterocycles. The predicted octanol–water partition coefficient (Wildman–Crippen LogP) is 3.53. The third kappa shape index (κ3) is 2.89. The number of aromatic nitrogens is 3. The second-order valence-electron chi connectivity index (χ2n) is 5.84. The van der Waals surface area contributed by atoms with E-state index in [2.05, 4.69) is 35.6 Å². The lowest BCUT2D eigenvalue weighted by atomic mass is 10.0. The van der Waals surface area contributed by atoms with E-state index in [1.165, 1.54) is 12.7 Å². The maximum atomic E-state index is 12.0. The number of rotatable bonds is 5. The molecule has 124 valence electrons. The molecule has 0 aliphatic carbocycles. The fraction of sp³-hybridized carbons (Fsp3) is 0.316. The van der Waals surface area contributed by atoms with Crippen molar-refractivity contribution in [2.75, 3.05) is 7.11 Å². The number of esters is 1. The van der Waals surface area contributed by atoms with E-state index in [0.717, 1.165) is 35.1 Å². The van der Waals surface area contributed by atoms with E-state index in [0.29, 0.717) is 12.0 Å². The number of para-hydroxylation sites is 1. The first-order valence-electron chi connectivity index (χ1n) is 8.12. The van der Waals surface area contributed by atoms with Crippen molar-refractivity contribution in [2.24, 2.45) is 0 Å². The lowest BCUT2D eigenvalue weighted by Gasteiger charge is -2.06. The van der Waals surface area contributed by atoms with E-state index in [1.54, 1.807) is 18.5 Å². The molecule has 0 spiro atoms. The Morgan fingerprint density at radius 1 is 1.29 bits per heavy atom. The largest absolute Gasteiger partial charge is 0.465 e. The van der Waals surface area contributed by atoms with Gasteiger partial charge in [-0.05, 0) is 30.5 Å². The number of hydrogen-bond donors (Lipinski definition) is 0. The second kappa shape index (κ2) is 6.83. The number of hydrogen-bond acceptors (Lipinski definition) is 4. The van der Waals surface area contributed by atoms with Gasteiger partial charge in [0.1, 0.15) is 0 Å². The number of benzene rings is 1. The first-order valence-corrected chi connectivity index (χ1v) is 8.12. The fourth-order valence-corrected chi connectivity index (χ4v) is 3.05. The summed E-state index contributed by atoms with van der Waals surface area (Å²) in [5, 5.41) is 5.93. The SMILES string of the molecule is CCCn1nc(Cc2cnccc2C(=O)OC)c2cccc(C)c21. The number of nitrogens with zero attached hydrogens (tertiary/aromatic N) is 3. The van der Waals surface area contributed by atoms with Crippen LogP contribution >= 0.6 is 0 Å². The van der Waals surface area contributed by atoms with Gasteiger partial charge in [-0.25, -0.2) is 4.79 Å². The number of fused-ring (bicyclic) bond motifs is 1. The maximum Gasteiger partial charge on any atom is 0.338 e. The number of methoxy groups -OCH3 is 1. The van der Waals surface area contributed by atoms with Crippen molar-refractivity contribution in [2.45, 2.75) is 33.2 Å².